The van der Waals surface area contributed by atoms with E-state index in [1.54, 1.807) is 12.1 Å². The molecule has 0 aliphatic rings. The van der Waals surface area contributed by atoms with Crippen molar-refractivity contribution in [3.8, 4) is 6.07 Å². The van der Waals surface area contributed by atoms with Gasteiger partial charge in [0.05, 0.1) is 11.6 Å². The predicted molar refractivity (Wildman–Crippen MR) is 74.6 cm³/mol. The Morgan fingerprint density at radius 3 is 2.75 bits per heavy atom. The highest BCUT2D eigenvalue weighted by Crippen LogP contribution is 2.15. The van der Waals surface area contributed by atoms with Gasteiger partial charge in [0.2, 0.25) is 0 Å². The standard InChI is InChI=1S/C15H15FN4/c1-10(2)14-6-15(20-9-19-14)18-8-12-4-3-11(7-17)5-13(12)16/h3-6,9-10H,8H2,1-2H3,(H,18,19,20). The maximum absolute atomic E-state index is 13.7. The molecular weight excluding hydrogens is 255 g/mol. The summed E-state index contributed by atoms with van der Waals surface area (Å²) in [7, 11) is 0. The highest BCUT2D eigenvalue weighted by Gasteiger charge is 2.06. The van der Waals surface area contributed by atoms with Gasteiger partial charge < -0.3 is 5.32 Å². The largest absolute Gasteiger partial charge is 0.366 e. The number of nitriles is 1. The summed E-state index contributed by atoms with van der Waals surface area (Å²) >= 11 is 0. The number of rotatable bonds is 4. The highest BCUT2D eigenvalue weighted by atomic mass is 19.1. The van der Waals surface area contributed by atoms with Crippen LogP contribution in [0.3, 0.4) is 0 Å². The minimum atomic E-state index is -0.394. The number of nitrogens with one attached hydrogen (secondary N) is 1. The molecule has 5 heteroatoms. The van der Waals surface area contributed by atoms with Gasteiger partial charge in [-0.2, -0.15) is 5.26 Å². The van der Waals surface area contributed by atoms with Crippen molar-refractivity contribution >= 4 is 5.82 Å². The highest BCUT2D eigenvalue weighted by molar-refractivity contribution is 5.38. The zero-order valence-electron chi connectivity index (χ0n) is 11.4. The van der Waals surface area contributed by atoms with Crippen LogP contribution in [0, 0.1) is 17.1 Å². The summed E-state index contributed by atoms with van der Waals surface area (Å²) < 4.78 is 13.7. The Morgan fingerprint density at radius 2 is 2.10 bits per heavy atom. The predicted octanol–water partition coefficient (Wildman–Crippen LogP) is 3.22. The fourth-order valence-corrected chi connectivity index (χ4v) is 1.73. The lowest BCUT2D eigenvalue weighted by Gasteiger charge is -2.09. The maximum atomic E-state index is 13.7. The second-order valence-electron chi connectivity index (χ2n) is 4.75. The topological polar surface area (TPSA) is 61.6 Å². The van der Waals surface area contributed by atoms with E-state index in [4.69, 9.17) is 5.26 Å². The number of benzene rings is 1. The molecule has 1 aromatic carbocycles. The third kappa shape index (κ3) is 3.29. The average molecular weight is 270 g/mol. The second-order valence-corrected chi connectivity index (χ2v) is 4.75. The van der Waals surface area contributed by atoms with Crippen molar-refractivity contribution < 1.29 is 4.39 Å². The van der Waals surface area contributed by atoms with Crippen LogP contribution in [0.25, 0.3) is 0 Å². The summed E-state index contributed by atoms with van der Waals surface area (Å²) in [5.41, 5.74) is 1.74. The van der Waals surface area contributed by atoms with Crippen LogP contribution in [0.15, 0.2) is 30.6 Å². The molecule has 102 valence electrons. The van der Waals surface area contributed by atoms with Crippen molar-refractivity contribution in [1.82, 2.24) is 9.97 Å². The van der Waals surface area contributed by atoms with E-state index < -0.39 is 5.82 Å². The van der Waals surface area contributed by atoms with Gasteiger partial charge in [0.15, 0.2) is 0 Å². The molecule has 2 rings (SSSR count). The van der Waals surface area contributed by atoms with Crippen LogP contribution in [-0.2, 0) is 6.54 Å². The number of anilines is 1. The monoisotopic (exact) mass is 270 g/mol. The lowest BCUT2D eigenvalue weighted by Crippen LogP contribution is -2.05. The zero-order valence-corrected chi connectivity index (χ0v) is 11.4. The van der Waals surface area contributed by atoms with Crippen LogP contribution in [-0.4, -0.2) is 9.97 Å². The van der Waals surface area contributed by atoms with E-state index in [-0.39, 0.29) is 0 Å². The van der Waals surface area contributed by atoms with Crippen molar-refractivity contribution in [2.75, 3.05) is 5.32 Å². The van der Waals surface area contributed by atoms with Crippen molar-refractivity contribution in [3.05, 3.63) is 53.2 Å². The minimum Gasteiger partial charge on any atom is -0.366 e. The van der Waals surface area contributed by atoms with Gasteiger partial charge in [0.1, 0.15) is 18.0 Å². The molecule has 1 N–H and O–H groups in total. The molecule has 0 bridgehead atoms. The number of nitrogens with zero attached hydrogens (tertiary/aromatic N) is 3. The third-order valence-corrected chi connectivity index (χ3v) is 2.92. The van der Waals surface area contributed by atoms with Gasteiger partial charge in [-0.3, -0.25) is 0 Å². The molecule has 4 nitrogen and oxygen atoms in total. The van der Waals surface area contributed by atoms with Crippen LogP contribution >= 0.6 is 0 Å². The van der Waals surface area contributed by atoms with Crippen LogP contribution < -0.4 is 5.32 Å². The van der Waals surface area contributed by atoms with E-state index in [0.29, 0.717) is 29.4 Å². The molecule has 0 saturated carbocycles. The number of aromatic nitrogens is 2. The molecule has 0 aliphatic heterocycles. The average Bonchev–Trinajstić information content (AvgIpc) is 2.46. The fourth-order valence-electron chi connectivity index (χ4n) is 1.73. The number of hydrogen-bond donors (Lipinski definition) is 1. The molecule has 0 spiro atoms. The van der Waals surface area contributed by atoms with Gasteiger partial charge in [0.25, 0.3) is 0 Å². The first kappa shape index (κ1) is 13.9. The maximum Gasteiger partial charge on any atom is 0.129 e. The molecule has 2 aromatic rings. The molecule has 1 heterocycles. The summed E-state index contributed by atoms with van der Waals surface area (Å²) in [4.78, 5) is 8.28. The Kier molecular flexibility index (Phi) is 4.26. The first-order valence-corrected chi connectivity index (χ1v) is 6.34. The Labute approximate surface area is 117 Å². The van der Waals surface area contributed by atoms with Crippen LogP contribution in [0.1, 0.15) is 36.6 Å². The van der Waals surface area contributed by atoms with E-state index >= 15 is 0 Å². The van der Waals surface area contributed by atoms with Gasteiger partial charge in [-0.05, 0) is 18.1 Å². The molecule has 0 aliphatic carbocycles. The van der Waals surface area contributed by atoms with Crippen molar-refractivity contribution in [3.63, 3.8) is 0 Å². The SMILES string of the molecule is CC(C)c1cc(NCc2ccc(C#N)cc2F)ncn1. The molecule has 0 radical (unpaired) electrons. The summed E-state index contributed by atoms with van der Waals surface area (Å²) in [6.45, 7) is 4.41. The zero-order chi connectivity index (χ0) is 14.5. The van der Waals surface area contributed by atoms with Crippen molar-refractivity contribution in [2.45, 2.75) is 26.3 Å². The minimum absolute atomic E-state index is 0.310. The van der Waals surface area contributed by atoms with Gasteiger partial charge >= 0.3 is 0 Å². The lowest BCUT2D eigenvalue weighted by molar-refractivity contribution is 0.612. The van der Waals surface area contributed by atoms with E-state index in [2.05, 4.69) is 15.3 Å². The van der Waals surface area contributed by atoms with Gasteiger partial charge in [-0.25, -0.2) is 14.4 Å². The van der Waals surface area contributed by atoms with Crippen molar-refractivity contribution in [1.29, 1.82) is 5.26 Å². The molecule has 20 heavy (non-hydrogen) atoms. The van der Waals surface area contributed by atoms with E-state index in [9.17, 15) is 4.39 Å². The first-order valence-electron chi connectivity index (χ1n) is 6.34. The Hall–Kier alpha value is -2.48. The molecular formula is C15H15FN4. The summed E-state index contributed by atoms with van der Waals surface area (Å²) in [6, 6.07) is 8.19. The molecule has 0 unspecified atom stereocenters. The molecule has 0 fully saturated rings. The fraction of sp³-hybridized carbons (Fsp3) is 0.267. The molecule has 1 aromatic heterocycles. The number of hydrogen-bond acceptors (Lipinski definition) is 4. The number of halogens is 1. The Morgan fingerprint density at radius 1 is 1.30 bits per heavy atom. The van der Waals surface area contributed by atoms with E-state index in [1.807, 2.05) is 26.0 Å². The quantitative estimate of drug-likeness (QED) is 0.926. The van der Waals surface area contributed by atoms with Crippen LogP contribution in [0.4, 0.5) is 10.2 Å². The Balaban J connectivity index is 2.09. The van der Waals surface area contributed by atoms with Crippen molar-refractivity contribution in [2.24, 2.45) is 0 Å². The third-order valence-electron chi connectivity index (χ3n) is 2.92. The summed E-state index contributed by atoms with van der Waals surface area (Å²) in [5, 5.41) is 11.8. The smallest absolute Gasteiger partial charge is 0.129 e. The first-order chi connectivity index (χ1) is 9.60. The summed E-state index contributed by atoms with van der Waals surface area (Å²) in [6.07, 6.45) is 1.49. The lowest BCUT2D eigenvalue weighted by atomic mass is 10.1. The molecule has 0 atom stereocenters. The van der Waals surface area contributed by atoms with E-state index in [1.165, 1.54) is 12.4 Å². The normalized spacial score (nSPS) is 10.3. The van der Waals surface area contributed by atoms with E-state index in [0.717, 1.165) is 5.69 Å². The summed E-state index contributed by atoms with van der Waals surface area (Å²) in [5.74, 6) is 0.576. The molecule has 0 saturated heterocycles. The Bertz CT molecular complexity index is 647. The van der Waals surface area contributed by atoms with Gasteiger partial charge in [-0.15, -0.1) is 0 Å². The molecule has 0 amide bonds. The van der Waals surface area contributed by atoms with Crippen LogP contribution in [0.2, 0.25) is 0 Å². The van der Waals surface area contributed by atoms with Crippen LogP contribution in [0.5, 0.6) is 0 Å². The van der Waals surface area contributed by atoms with Gasteiger partial charge in [-0.1, -0.05) is 19.9 Å². The second kappa shape index (κ2) is 6.11. The van der Waals surface area contributed by atoms with Gasteiger partial charge in [0, 0.05) is 23.9 Å².